The third kappa shape index (κ3) is 3.78. The summed E-state index contributed by atoms with van der Waals surface area (Å²) in [6.45, 7) is 0. The van der Waals surface area contributed by atoms with E-state index in [1.807, 2.05) is 0 Å². The molecule has 4 aromatic rings. The SMILES string of the molecule is CNc1cc(Nc2cccn(-c3ccccn3)c2=O)nc2c(C(=O)N[C@@H]3CC[C@H]3O)cnn12. The molecule has 4 aromatic heterocycles. The summed E-state index contributed by atoms with van der Waals surface area (Å²) in [5.74, 6) is 1.07. The summed E-state index contributed by atoms with van der Waals surface area (Å²) in [5.41, 5.74) is 0.587. The number of aliphatic hydroxyl groups is 1. The van der Waals surface area contributed by atoms with Crippen molar-refractivity contribution in [3.8, 4) is 5.82 Å². The zero-order chi connectivity index (χ0) is 22.9. The normalized spacial score (nSPS) is 17.4. The summed E-state index contributed by atoms with van der Waals surface area (Å²) in [6, 6.07) is 10.1. The second-order valence-electron chi connectivity index (χ2n) is 7.70. The van der Waals surface area contributed by atoms with Gasteiger partial charge in [0.05, 0.1) is 18.3 Å². The minimum atomic E-state index is -0.534. The van der Waals surface area contributed by atoms with Crippen molar-refractivity contribution in [2.24, 2.45) is 0 Å². The zero-order valence-electron chi connectivity index (χ0n) is 17.8. The largest absolute Gasteiger partial charge is 0.391 e. The molecule has 4 heterocycles. The Morgan fingerprint density at radius 1 is 1.21 bits per heavy atom. The number of amides is 1. The fourth-order valence-corrected chi connectivity index (χ4v) is 3.67. The lowest BCUT2D eigenvalue weighted by atomic mass is 9.89. The number of hydrogen-bond donors (Lipinski definition) is 4. The van der Waals surface area contributed by atoms with Crippen LogP contribution >= 0.6 is 0 Å². The first kappa shape index (κ1) is 20.6. The van der Waals surface area contributed by atoms with E-state index in [1.54, 1.807) is 55.8 Å². The Bertz CT molecular complexity index is 1380. The quantitative estimate of drug-likeness (QED) is 0.348. The van der Waals surface area contributed by atoms with Crippen LogP contribution in [0.4, 0.5) is 17.3 Å². The smallest absolute Gasteiger partial charge is 0.279 e. The molecule has 0 saturated heterocycles. The van der Waals surface area contributed by atoms with Gasteiger partial charge in [0, 0.05) is 25.5 Å². The van der Waals surface area contributed by atoms with E-state index in [0.717, 1.165) is 6.42 Å². The highest BCUT2D eigenvalue weighted by molar-refractivity contribution is 6.00. The van der Waals surface area contributed by atoms with Crippen molar-refractivity contribution in [2.45, 2.75) is 25.0 Å². The molecule has 1 aliphatic rings. The van der Waals surface area contributed by atoms with Gasteiger partial charge in [0.15, 0.2) is 5.65 Å². The van der Waals surface area contributed by atoms with Crippen LogP contribution in [0.1, 0.15) is 23.2 Å². The molecule has 0 bridgehead atoms. The van der Waals surface area contributed by atoms with E-state index in [-0.39, 0.29) is 23.1 Å². The van der Waals surface area contributed by atoms with E-state index in [9.17, 15) is 14.7 Å². The summed E-state index contributed by atoms with van der Waals surface area (Å²) in [4.78, 5) is 34.6. The van der Waals surface area contributed by atoms with E-state index in [2.05, 4.69) is 31.0 Å². The first-order valence-corrected chi connectivity index (χ1v) is 10.5. The first-order valence-electron chi connectivity index (χ1n) is 10.5. The van der Waals surface area contributed by atoms with Gasteiger partial charge >= 0.3 is 0 Å². The van der Waals surface area contributed by atoms with Crippen molar-refractivity contribution in [3.63, 3.8) is 0 Å². The number of pyridine rings is 2. The highest BCUT2D eigenvalue weighted by atomic mass is 16.3. The van der Waals surface area contributed by atoms with Gasteiger partial charge in [-0.05, 0) is 37.1 Å². The highest BCUT2D eigenvalue weighted by Crippen LogP contribution is 2.23. The van der Waals surface area contributed by atoms with E-state index in [1.165, 1.54) is 15.3 Å². The standard InChI is InChI=1S/C22H22N8O3/c1-23-19-11-17(26-15-5-4-10-29(22(15)33)18-6-2-3-9-24-18)28-20-13(12-25-30(19)20)21(32)27-14-7-8-16(14)31/h2-6,9-12,14,16,23,31H,7-8H2,1H3,(H,26,28)(H,27,32)/t14-,16-/m1/s1. The van der Waals surface area contributed by atoms with Gasteiger partial charge < -0.3 is 21.1 Å². The minimum Gasteiger partial charge on any atom is -0.391 e. The van der Waals surface area contributed by atoms with Gasteiger partial charge in [-0.2, -0.15) is 9.61 Å². The molecule has 33 heavy (non-hydrogen) atoms. The molecule has 2 atom stereocenters. The monoisotopic (exact) mass is 446 g/mol. The molecule has 0 unspecified atom stereocenters. The summed E-state index contributed by atoms with van der Waals surface area (Å²) in [5, 5.41) is 22.9. The van der Waals surface area contributed by atoms with Crippen LogP contribution in [-0.2, 0) is 0 Å². The molecule has 11 heteroatoms. The first-order chi connectivity index (χ1) is 16.0. The Labute approximate surface area is 188 Å². The van der Waals surface area contributed by atoms with Crippen molar-refractivity contribution in [1.29, 1.82) is 0 Å². The van der Waals surface area contributed by atoms with Crippen molar-refractivity contribution in [3.05, 3.63) is 70.9 Å². The topological polar surface area (TPSA) is 138 Å². The molecule has 1 saturated carbocycles. The van der Waals surface area contributed by atoms with Crippen LogP contribution in [0.15, 0.2) is 59.8 Å². The van der Waals surface area contributed by atoms with E-state index < -0.39 is 6.10 Å². The van der Waals surface area contributed by atoms with Crippen LogP contribution < -0.4 is 21.5 Å². The molecule has 1 amide bonds. The lowest BCUT2D eigenvalue weighted by molar-refractivity contribution is 0.0448. The number of nitrogens with zero attached hydrogens (tertiary/aromatic N) is 5. The van der Waals surface area contributed by atoms with E-state index >= 15 is 0 Å². The predicted octanol–water partition coefficient (Wildman–Crippen LogP) is 1.31. The van der Waals surface area contributed by atoms with Crippen molar-refractivity contribution >= 4 is 28.9 Å². The molecule has 168 valence electrons. The third-order valence-electron chi connectivity index (χ3n) is 5.63. The van der Waals surface area contributed by atoms with Crippen LogP contribution in [0.2, 0.25) is 0 Å². The Morgan fingerprint density at radius 3 is 2.79 bits per heavy atom. The number of fused-ring (bicyclic) bond motifs is 1. The van der Waals surface area contributed by atoms with Crippen LogP contribution in [0.25, 0.3) is 11.5 Å². The minimum absolute atomic E-state index is 0.271. The Balaban J connectivity index is 1.50. The van der Waals surface area contributed by atoms with Gasteiger partial charge in [0.2, 0.25) is 0 Å². The molecule has 1 aliphatic carbocycles. The maximum Gasteiger partial charge on any atom is 0.279 e. The maximum absolute atomic E-state index is 13.0. The molecule has 0 spiro atoms. The van der Waals surface area contributed by atoms with Crippen LogP contribution in [0, 0.1) is 0 Å². The Kier molecular flexibility index (Phi) is 5.23. The second-order valence-corrected chi connectivity index (χ2v) is 7.70. The average molecular weight is 446 g/mol. The van der Waals surface area contributed by atoms with Crippen LogP contribution in [-0.4, -0.2) is 54.4 Å². The van der Waals surface area contributed by atoms with Gasteiger partial charge in [0.25, 0.3) is 11.5 Å². The third-order valence-corrected chi connectivity index (χ3v) is 5.63. The molecule has 0 aliphatic heterocycles. The number of carbonyl (C=O) groups is 1. The number of carbonyl (C=O) groups excluding carboxylic acids is 1. The van der Waals surface area contributed by atoms with E-state index in [0.29, 0.717) is 35.2 Å². The summed E-state index contributed by atoms with van der Waals surface area (Å²) in [7, 11) is 1.72. The maximum atomic E-state index is 13.0. The molecule has 1 fully saturated rings. The second kappa shape index (κ2) is 8.36. The Hall–Kier alpha value is -4.25. The summed E-state index contributed by atoms with van der Waals surface area (Å²) in [6.07, 6.45) is 5.55. The summed E-state index contributed by atoms with van der Waals surface area (Å²) < 4.78 is 2.94. The number of aliphatic hydroxyl groups excluding tert-OH is 1. The fourth-order valence-electron chi connectivity index (χ4n) is 3.67. The molecule has 0 aromatic carbocycles. The van der Waals surface area contributed by atoms with Gasteiger partial charge in [-0.25, -0.2) is 9.97 Å². The zero-order valence-corrected chi connectivity index (χ0v) is 17.8. The van der Waals surface area contributed by atoms with Gasteiger partial charge in [-0.15, -0.1) is 0 Å². The van der Waals surface area contributed by atoms with Gasteiger partial charge in [-0.1, -0.05) is 6.07 Å². The van der Waals surface area contributed by atoms with Crippen molar-refractivity contribution in [2.75, 3.05) is 17.7 Å². The molecular formula is C22H22N8O3. The Morgan fingerprint density at radius 2 is 2.09 bits per heavy atom. The number of rotatable bonds is 6. The van der Waals surface area contributed by atoms with Gasteiger partial charge in [0.1, 0.15) is 28.7 Å². The molecule has 11 nitrogen and oxygen atoms in total. The molecule has 0 radical (unpaired) electrons. The van der Waals surface area contributed by atoms with Crippen LogP contribution in [0.3, 0.4) is 0 Å². The molecule has 5 rings (SSSR count). The van der Waals surface area contributed by atoms with Crippen molar-refractivity contribution in [1.82, 2.24) is 29.5 Å². The molecular weight excluding hydrogens is 424 g/mol. The number of hydrogen-bond acceptors (Lipinski definition) is 8. The predicted molar refractivity (Wildman–Crippen MR) is 122 cm³/mol. The highest BCUT2D eigenvalue weighted by Gasteiger charge is 2.31. The van der Waals surface area contributed by atoms with Gasteiger partial charge in [-0.3, -0.25) is 14.2 Å². The number of nitrogens with one attached hydrogen (secondary N) is 3. The number of aromatic nitrogens is 5. The fraction of sp³-hybridized carbons (Fsp3) is 0.227. The number of anilines is 3. The lowest BCUT2D eigenvalue weighted by Crippen LogP contribution is -2.50. The van der Waals surface area contributed by atoms with Crippen LogP contribution in [0.5, 0.6) is 0 Å². The average Bonchev–Trinajstić information content (AvgIpc) is 3.27. The molecule has 4 N–H and O–H groups in total. The lowest BCUT2D eigenvalue weighted by Gasteiger charge is -2.32. The van der Waals surface area contributed by atoms with E-state index in [4.69, 9.17) is 0 Å². The van der Waals surface area contributed by atoms with Crippen molar-refractivity contribution < 1.29 is 9.90 Å². The summed E-state index contributed by atoms with van der Waals surface area (Å²) >= 11 is 0.